The van der Waals surface area contributed by atoms with Gasteiger partial charge < -0.3 is 5.32 Å². The van der Waals surface area contributed by atoms with E-state index >= 15 is 0 Å². The van der Waals surface area contributed by atoms with Crippen molar-refractivity contribution in [1.82, 2.24) is 9.62 Å². The Kier molecular flexibility index (Phi) is 4.74. The van der Waals surface area contributed by atoms with Crippen LogP contribution in [0.4, 0.5) is 4.39 Å². The summed E-state index contributed by atoms with van der Waals surface area (Å²) in [6, 6.07) is 4.91. The predicted molar refractivity (Wildman–Crippen MR) is 107 cm³/mol. The Morgan fingerprint density at radius 3 is 2.21 bits per heavy atom. The highest BCUT2D eigenvalue weighted by Crippen LogP contribution is 2.55. The fourth-order valence-electron chi connectivity index (χ4n) is 6.76. The van der Waals surface area contributed by atoms with Gasteiger partial charge in [0.15, 0.2) is 0 Å². The molecule has 0 spiro atoms. The predicted octanol–water partition coefficient (Wildman–Crippen LogP) is 3.31. The summed E-state index contributed by atoms with van der Waals surface area (Å²) in [7, 11) is -3.71. The van der Waals surface area contributed by atoms with E-state index in [0.717, 1.165) is 49.1 Å². The van der Waals surface area contributed by atoms with Gasteiger partial charge in [0.2, 0.25) is 15.9 Å². The Morgan fingerprint density at radius 2 is 1.62 bits per heavy atom. The summed E-state index contributed by atoms with van der Waals surface area (Å²) in [4.78, 5) is 13.2. The number of hydrogen-bond donors (Lipinski definition) is 1. The van der Waals surface area contributed by atoms with Gasteiger partial charge >= 0.3 is 0 Å². The minimum absolute atomic E-state index is 0.0194. The van der Waals surface area contributed by atoms with Gasteiger partial charge in [0.05, 0.1) is 10.8 Å². The van der Waals surface area contributed by atoms with Gasteiger partial charge in [-0.3, -0.25) is 4.79 Å². The molecule has 4 saturated carbocycles. The second-order valence-corrected chi connectivity index (χ2v) is 11.8. The van der Waals surface area contributed by atoms with Crippen LogP contribution in [0.15, 0.2) is 29.2 Å². The van der Waals surface area contributed by atoms with Crippen LogP contribution in [0.3, 0.4) is 0 Å². The summed E-state index contributed by atoms with van der Waals surface area (Å²) in [6.45, 7) is 0.610. The normalized spacial score (nSPS) is 36.9. The van der Waals surface area contributed by atoms with Crippen LogP contribution < -0.4 is 5.32 Å². The Balaban J connectivity index is 1.28. The first-order valence-corrected chi connectivity index (χ1v) is 12.3. The van der Waals surface area contributed by atoms with Crippen LogP contribution in [-0.2, 0) is 14.8 Å². The van der Waals surface area contributed by atoms with Crippen LogP contribution in [-0.4, -0.2) is 37.3 Å². The van der Waals surface area contributed by atoms with Crippen LogP contribution in [0.2, 0.25) is 0 Å². The van der Waals surface area contributed by atoms with Crippen LogP contribution in [0.5, 0.6) is 0 Å². The van der Waals surface area contributed by atoms with E-state index in [9.17, 15) is 17.6 Å². The second-order valence-electron chi connectivity index (χ2n) is 9.84. The molecule has 1 aromatic carbocycles. The number of nitrogens with zero attached hydrogens (tertiary/aromatic N) is 1. The van der Waals surface area contributed by atoms with Crippen molar-refractivity contribution in [2.24, 2.45) is 23.7 Å². The summed E-state index contributed by atoms with van der Waals surface area (Å²) in [5.74, 6) is 1.50. The largest absolute Gasteiger partial charge is 0.350 e. The zero-order valence-corrected chi connectivity index (χ0v) is 17.5. The number of carbonyl (C=O) groups is 1. The number of rotatable bonds is 4. The van der Waals surface area contributed by atoms with Gasteiger partial charge in [-0.2, -0.15) is 4.31 Å². The second kappa shape index (κ2) is 7.05. The summed E-state index contributed by atoms with van der Waals surface area (Å²) >= 11 is 0. The number of sulfonamides is 1. The molecule has 5 aliphatic rings. The van der Waals surface area contributed by atoms with E-state index in [1.54, 1.807) is 0 Å². The Hall–Kier alpha value is -1.47. The minimum atomic E-state index is -3.71. The first-order chi connectivity index (χ1) is 13.8. The van der Waals surface area contributed by atoms with Crippen LogP contribution in [0, 0.1) is 29.5 Å². The fraction of sp³-hybridized carbons (Fsp3) is 0.682. The number of hydrogen-bond acceptors (Lipinski definition) is 3. The molecule has 0 unspecified atom stereocenters. The van der Waals surface area contributed by atoms with Gasteiger partial charge in [0.25, 0.3) is 0 Å². The summed E-state index contributed by atoms with van der Waals surface area (Å²) in [5, 5.41) is 3.40. The topological polar surface area (TPSA) is 66.5 Å². The average molecular weight is 421 g/mol. The van der Waals surface area contributed by atoms with E-state index in [0.29, 0.717) is 19.4 Å². The number of amides is 1. The highest BCUT2D eigenvalue weighted by atomic mass is 32.2. The molecule has 1 heterocycles. The average Bonchev–Trinajstić information content (AvgIpc) is 2.67. The Labute approximate surface area is 172 Å². The van der Waals surface area contributed by atoms with Crippen LogP contribution in [0.25, 0.3) is 0 Å². The molecule has 1 N–H and O–H groups in total. The van der Waals surface area contributed by atoms with E-state index < -0.39 is 15.8 Å². The molecule has 1 amide bonds. The molecule has 0 aromatic heterocycles. The van der Waals surface area contributed by atoms with Gasteiger partial charge in [-0.1, -0.05) is 0 Å². The molecule has 0 radical (unpaired) electrons. The van der Waals surface area contributed by atoms with E-state index in [2.05, 4.69) is 5.32 Å². The van der Waals surface area contributed by atoms with Crippen LogP contribution in [0.1, 0.15) is 51.4 Å². The number of benzene rings is 1. The minimum Gasteiger partial charge on any atom is -0.350 e. The molecule has 1 saturated heterocycles. The fourth-order valence-corrected chi connectivity index (χ4v) is 8.28. The van der Waals surface area contributed by atoms with Gasteiger partial charge in [-0.05, 0) is 93.4 Å². The maximum Gasteiger partial charge on any atom is 0.243 e. The lowest BCUT2D eigenvalue weighted by atomic mass is 9.53. The highest BCUT2D eigenvalue weighted by molar-refractivity contribution is 7.89. The summed E-state index contributed by atoms with van der Waals surface area (Å²) in [5.41, 5.74) is -0.0516. The van der Waals surface area contributed by atoms with E-state index in [4.69, 9.17) is 0 Å². The molecule has 4 bridgehead atoms. The number of nitrogens with one attached hydrogen (secondary N) is 1. The maximum absolute atomic E-state index is 13.2. The van der Waals surface area contributed by atoms with Crippen molar-refractivity contribution >= 4 is 15.9 Å². The molecule has 4 aliphatic carbocycles. The maximum atomic E-state index is 13.2. The van der Waals surface area contributed by atoms with Crippen molar-refractivity contribution in [2.45, 2.75) is 61.8 Å². The molecular weight excluding hydrogens is 391 g/mol. The van der Waals surface area contributed by atoms with Crippen molar-refractivity contribution in [2.75, 3.05) is 13.1 Å². The van der Waals surface area contributed by atoms with Crippen molar-refractivity contribution in [3.63, 3.8) is 0 Å². The highest BCUT2D eigenvalue weighted by Gasteiger charge is 2.52. The van der Waals surface area contributed by atoms with Crippen LogP contribution >= 0.6 is 0 Å². The molecular formula is C22H29FN2O3S. The van der Waals surface area contributed by atoms with Gasteiger partial charge in [-0.15, -0.1) is 0 Å². The molecule has 7 heteroatoms. The molecule has 5 nitrogen and oxygen atoms in total. The van der Waals surface area contributed by atoms with E-state index in [1.165, 1.54) is 35.7 Å². The monoisotopic (exact) mass is 420 g/mol. The molecule has 5 fully saturated rings. The van der Waals surface area contributed by atoms with E-state index in [1.807, 2.05) is 0 Å². The third-order valence-electron chi connectivity index (χ3n) is 7.63. The Morgan fingerprint density at radius 1 is 1.03 bits per heavy atom. The Bertz CT molecular complexity index is 864. The summed E-state index contributed by atoms with van der Waals surface area (Å²) in [6.07, 6.45) is 8.62. The van der Waals surface area contributed by atoms with Gasteiger partial charge in [0.1, 0.15) is 5.82 Å². The lowest BCUT2D eigenvalue weighted by Gasteiger charge is -2.57. The quantitative estimate of drug-likeness (QED) is 0.813. The van der Waals surface area contributed by atoms with Crippen molar-refractivity contribution in [1.29, 1.82) is 0 Å². The molecule has 158 valence electrons. The zero-order valence-electron chi connectivity index (χ0n) is 16.6. The lowest BCUT2D eigenvalue weighted by molar-refractivity contribution is -0.131. The first-order valence-electron chi connectivity index (χ1n) is 10.9. The van der Waals surface area contributed by atoms with Gasteiger partial charge in [-0.25, -0.2) is 12.8 Å². The molecule has 6 rings (SSSR count). The van der Waals surface area contributed by atoms with Gasteiger partial charge in [0, 0.05) is 18.6 Å². The lowest BCUT2D eigenvalue weighted by Crippen LogP contribution is -2.61. The molecule has 1 aliphatic heterocycles. The third kappa shape index (κ3) is 3.61. The number of halogens is 1. The van der Waals surface area contributed by atoms with Crippen molar-refractivity contribution in [3.8, 4) is 0 Å². The number of piperidine rings is 1. The zero-order chi connectivity index (χ0) is 20.2. The van der Waals surface area contributed by atoms with Crippen molar-refractivity contribution in [3.05, 3.63) is 30.1 Å². The number of carbonyl (C=O) groups excluding carboxylic acids is 1. The van der Waals surface area contributed by atoms with Crippen molar-refractivity contribution < 1.29 is 17.6 Å². The smallest absolute Gasteiger partial charge is 0.243 e. The molecule has 1 atom stereocenters. The first kappa shape index (κ1) is 19.5. The summed E-state index contributed by atoms with van der Waals surface area (Å²) < 4.78 is 40.5. The standard InChI is InChI=1S/C22H29FN2O3S/c23-19-3-5-20(6-4-19)29(27,28)25-7-1-2-18(14-25)21(26)24-22-11-15-8-16(12-22)10-17(9-15)13-22/h3-6,15-18H,1-2,7-14H2,(H,24,26)/t15?,16?,17?,18-,22?/m1/s1. The molecule has 29 heavy (non-hydrogen) atoms. The molecule has 1 aromatic rings. The van der Waals surface area contributed by atoms with E-state index in [-0.39, 0.29) is 28.8 Å². The third-order valence-corrected chi connectivity index (χ3v) is 9.51. The SMILES string of the molecule is O=C(NC12CC3CC(CC(C3)C1)C2)[C@@H]1CCCN(S(=O)(=O)c2ccc(F)cc2)C1.